The quantitative estimate of drug-likeness (QED) is 0.695. The van der Waals surface area contributed by atoms with Crippen molar-refractivity contribution in [2.45, 2.75) is 17.7 Å². The van der Waals surface area contributed by atoms with E-state index in [9.17, 15) is 13.2 Å². The molecule has 0 aliphatic carbocycles. The molecule has 0 aromatic heterocycles. The van der Waals surface area contributed by atoms with Crippen LogP contribution in [-0.2, 0) is 21.2 Å². The highest BCUT2D eigenvalue weighted by Gasteiger charge is 2.13. The molecule has 0 heterocycles. The maximum atomic E-state index is 12.3. The summed E-state index contributed by atoms with van der Waals surface area (Å²) in [6.07, 6.45) is 0.672. The number of anilines is 1. The van der Waals surface area contributed by atoms with Crippen LogP contribution in [0.15, 0.2) is 41.3 Å². The second-order valence-electron chi connectivity index (χ2n) is 5.59. The Balaban J connectivity index is 2.03. The summed E-state index contributed by atoms with van der Waals surface area (Å²) in [6, 6.07) is 9.54. The number of nitrogens with one attached hydrogen (secondary N) is 2. The lowest BCUT2D eigenvalue weighted by atomic mass is 10.1. The van der Waals surface area contributed by atoms with Crippen LogP contribution in [0.4, 0.5) is 5.69 Å². The lowest BCUT2D eigenvalue weighted by molar-refractivity contribution is -0.116. The number of amides is 1. The third kappa shape index (κ3) is 5.35. The molecule has 9 heteroatoms. The largest absolute Gasteiger partial charge is 0.495 e. The highest BCUT2D eigenvalue weighted by atomic mass is 35.5. The first-order valence-electron chi connectivity index (χ1n) is 8.04. The van der Waals surface area contributed by atoms with Gasteiger partial charge >= 0.3 is 0 Å². The van der Waals surface area contributed by atoms with Crippen LogP contribution in [0.2, 0.25) is 5.02 Å². The van der Waals surface area contributed by atoms with Crippen molar-refractivity contribution in [3.63, 3.8) is 0 Å². The molecule has 0 atom stereocenters. The van der Waals surface area contributed by atoms with Crippen molar-refractivity contribution >= 4 is 33.2 Å². The Morgan fingerprint density at radius 3 is 2.26 bits per heavy atom. The number of sulfonamides is 1. The molecule has 0 unspecified atom stereocenters. The summed E-state index contributed by atoms with van der Waals surface area (Å²) < 4.78 is 36.1. The van der Waals surface area contributed by atoms with Gasteiger partial charge in [-0.25, -0.2) is 13.1 Å². The average Bonchev–Trinajstić information content (AvgIpc) is 2.67. The number of benzene rings is 2. The van der Waals surface area contributed by atoms with E-state index in [0.29, 0.717) is 28.6 Å². The Morgan fingerprint density at radius 2 is 1.70 bits per heavy atom. The molecule has 2 aromatic rings. The highest BCUT2D eigenvalue weighted by molar-refractivity contribution is 7.89. The second kappa shape index (κ2) is 9.07. The minimum absolute atomic E-state index is 0.177. The Hall–Kier alpha value is -2.29. The highest BCUT2D eigenvalue weighted by Crippen LogP contribution is 2.35. The molecule has 0 aliphatic rings. The standard InChI is InChI=1S/C18H21ClN2O5S/c1-20-27(23,24)13-7-4-12(5-8-13)6-9-18(22)21-15-11-16(25-2)14(19)10-17(15)26-3/h4-5,7-8,10-11,20H,6,9H2,1-3H3,(H,21,22). The fourth-order valence-electron chi connectivity index (χ4n) is 2.38. The maximum Gasteiger partial charge on any atom is 0.240 e. The zero-order valence-corrected chi connectivity index (χ0v) is 16.8. The van der Waals surface area contributed by atoms with Crippen LogP contribution < -0.4 is 19.5 Å². The van der Waals surface area contributed by atoms with E-state index in [-0.39, 0.29) is 17.2 Å². The monoisotopic (exact) mass is 412 g/mol. The van der Waals surface area contributed by atoms with Gasteiger partial charge in [0, 0.05) is 18.6 Å². The van der Waals surface area contributed by atoms with Gasteiger partial charge in [-0.1, -0.05) is 23.7 Å². The summed E-state index contributed by atoms with van der Waals surface area (Å²) in [5.74, 6) is 0.634. The van der Waals surface area contributed by atoms with Crippen LogP contribution in [0, 0.1) is 0 Å². The number of aryl methyl sites for hydroxylation is 1. The van der Waals surface area contributed by atoms with Crippen molar-refractivity contribution in [1.29, 1.82) is 0 Å². The number of methoxy groups -OCH3 is 2. The number of carbonyl (C=O) groups excluding carboxylic acids is 1. The molecular weight excluding hydrogens is 392 g/mol. The Bertz CT molecular complexity index is 914. The molecule has 0 spiro atoms. The summed E-state index contributed by atoms with van der Waals surface area (Å²) in [7, 11) is 0.848. The molecule has 0 saturated heterocycles. The predicted octanol–water partition coefficient (Wildman–Crippen LogP) is 2.84. The molecule has 27 heavy (non-hydrogen) atoms. The number of halogens is 1. The summed E-state index contributed by atoms with van der Waals surface area (Å²) in [5.41, 5.74) is 1.31. The summed E-state index contributed by atoms with van der Waals surface area (Å²) >= 11 is 6.05. The molecule has 0 aliphatic heterocycles. The Kier molecular flexibility index (Phi) is 7.06. The second-order valence-corrected chi connectivity index (χ2v) is 7.88. The first-order valence-corrected chi connectivity index (χ1v) is 9.90. The van der Waals surface area contributed by atoms with Gasteiger partial charge in [0.1, 0.15) is 11.5 Å². The predicted molar refractivity (Wildman–Crippen MR) is 104 cm³/mol. The molecule has 0 fully saturated rings. The number of rotatable bonds is 8. The fourth-order valence-corrected chi connectivity index (χ4v) is 3.34. The molecule has 1 amide bonds. The summed E-state index contributed by atoms with van der Waals surface area (Å²) in [5, 5.41) is 3.15. The zero-order valence-electron chi connectivity index (χ0n) is 15.2. The van der Waals surface area contributed by atoms with Crippen molar-refractivity contribution in [1.82, 2.24) is 4.72 Å². The van der Waals surface area contributed by atoms with E-state index in [4.69, 9.17) is 21.1 Å². The maximum absolute atomic E-state index is 12.3. The molecule has 0 radical (unpaired) electrons. The first-order chi connectivity index (χ1) is 12.8. The van der Waals surface area contributed by atoms with E-state index in [0.717, 1.165) is 5.56 Å². The average molecular weight is 413 g/mol. The first kappa shape index (κ1) is 21.0. The SMILES string of the molecule is CNS(=O)(=O)c1ccc(CCC(=O)Nc2cc(OC)c(Cl)cc2OC)cc1. The van der Waals surface area contributed by atoms with Crippen LogP contribution in [0.5, 0.6) is 11.5 Å². The van der Waals surface area contributed by atoms with E-state index < -0.39 is 10.0 Å². The van der Waals surface area contributed by atoms with Crippen LogP contribution in [0.3, 0.4) is 0 Å². The molecule has 0 bridgehead atoms. The third-order valence-corrected chi connectivity index (χ3v) is 5.62. The Labute approximate surface area is 163 Å². The molecule has 146 valence electrons. The van der Waals surface area contributed by atoms with Crippen molar-refractivity contribution in [3.8, 4) is 11.5 Å². The molecule has 0 saturated carbocycles. The van der Waals surface area contributed by atoms with Crippen LogP contribution in [-0.4, -0.2) is 35.6 Å². The molecular formula is C18H21ClN2O5S. The smallest absolute Gasteiger partial charge is 0.240 e. The van der Waals surface area contributed by atoms with E-state index in [2.05, 4.69) is 10.0 Å². The van der Waals surface area contributed by atoms with Gasteiger partial charge in [0.05, 0.1) is 29.8 Å². The van der Waals surface area contributed by atoms with Gasteiger partial charge in [-0.05, 0) is 31.2 Å². The van der Waals surface area contributed by atoms with Gasteiger partial charge in [0.2, 0.25) is 15.9 Å². The van der Waals surface area contributed by atoms with Gasteiger partial charge < -0.3 is 14.8 Å². The van der Waals surface area contributed by atoms with Gasteiger partial charge in [0.25, 0.3) is 0 Å². The number of ether oxygens (including phenoxy) is 2. The number of carbonyl (C=O) groups is 1. The summed E-state index contributed by atoms with van der Waals surface area (Å²) in [6.45, 7) is 0. The Morgan fingerprint density at radius 1 is 1.07 bits per heavy atom. The van der Waals surface area contributed by atoms with Crippen molar-refractivity contribution in [3.05, 3.63) is 47.0 Å². The number of hydrogen-bond donors (Lipinski definition) is 2. The van der Waals surface area contributed by atoms with E-state index in [1.165, 1.54) is 33.4 Å². The topological polar surface area (TPSA) is 93.7 Å². The van der Waals surface area contributed by atoms with Gasteiger partial charge in [0.15, 0.2) is 0 Å². The van der Waals surface area contributed by atoms with E-state index in [1.807, 2.05) is 0 Å². The van der Waals surface area contributed by atoms with E-state index in [1.54, 1.807) is 24.3 Å². The molecule has 7 nitrogen and oxygen atoms in total. The van der Waals surface area contributed by atoms with Gasteiger partial charge in [-0.3, -0.25) is 4.79 Å². The van der Waals surface area contributed by atoms with Crippen molar-refractivity contribution < 1.29 is 22.7 Å². The molecule has 2 N–H and O–H groups in total. The minimum Gasteiger partial charge on any atom is -0.495 e. The van der Waals surface area contributed by atoms with Gasteiger partial charge in [-0.15, -0.1) is 0 Å². The van der Waals surface area contributed by atoms with Crippen molar-refractivity contribution in [2.75, 3.05) is 26.6 Å². The lowest BCUT2D eigenvalue weighted by Crippen LogP contribution is -2.18. The lowest BCUT2D eigenvalue weighted by Gasteiger charge is -2.13. The third-order valence-electron chi connectivity index (χ3n) is 3.89. The minimum atomic E-state index is -3.47. The van der Waals surface area contributed by atoms with E-state index >= 15 is 0 Å². The van der Waals surface area contributed by atoms with Crippen molar-refractivity contribution in [2.24, 2.45) is 0 Å². The van der Waals surface area contributed by atoms with Crippen LogP contribution >= 0.6 is 11.6 Å². The normalized spacial score (nSPS) is 11.1. The zero-order chi connectivity index (χ0) is 20.0. The van der Waals surface area contributed by atoms with Gasteiger partial charge in [-0.2, -0.15) is 0 Å². The fraction of sp³-hybridized carbons (Fsp3) is 0.278. The van der Waals surface area contributed by atoms with Crippen LogP contribution in [0.1, 0.15) is 12.0 Å². The number of hydrogen-bond acceptors (Lipinski definition) is 5. The van der Waals surface area contributed by atoms with Crippen LogP contribution in [0.25, 0.3) is 0 Å². The summed E-state index contributed by atoms with van der Waals surface area (Å²) in [4.78, 5) is 12.4. The molecule has 2 aromatic carbocycles. The molecule has 2 rings (SSSR count).